The van der Waals surface area contributed by atoms with Gasteiger partial charge in [0.2, 0.25) is 5.75 Å². The highest BCUT2D eigenvalue weighted by Crippen LogP contribution is 2.45. The molecule has 2 rings (SSSR count). The molecule has 0 heterocycles. The molecule has 0 fully saturated rings. The minimum Gasteiger partial charge on any atom is -0.507 e. The number of hydrogen-bond donors (Lipinski definition) is 1. The van der Waals surface area contributed by atoms with Gasteiger partial charge in [-0.25, -0.2) is 4.79 Å². The van der Waals surface area contributed by atoms with Gasteiger partial charge < -0.3 is 24.1 Å². The molecule has 0 aliphatic rings. The van der Waals surface area contributed by atoms with Gasteiger partial charge in [-0.2, -0.15) is 5.26 Å². The second-order valence-corrected chi connectivity index (χ2v) is 12.2. The smallest absolute Gasteiger partial charge is 0.350 e. The average Bonchev–Trinajstić information content (AvgIpc) is 2.79. The number of carbonyl (C=O) groups is 1. The lowest BCUT2D eigenvalue weighted by atomic mass is 9.77. The number of phenols is 1. The number of aromatic hydroxyl groups is 1. The first-order valence-corrected chi connectivity index (χ1v) is 12.5. The first kappa shape index (κ1) is 30.6. The van der Waals surface area contributed by atoms with Gasteiger partial charge in [0.1, 0.15) is 23.0 Å². The largest absolute Gasteiger partial charge is 0.507 e. The van der Waals surface area contributed by atoms with E-state index in [1.54, 1.807) is 32.9 Å². The van der Waals surface area contributed by atoms with Gasteiger partial charge in [0.25, 0.3) is 0 Å². The van der Waals surface area contributed by atoms with Crippen LogP contribution >= 0.6 is 0 Å². The van der Waals surface area contributed by atoms with E-state index in [9.17, 15) is 15.2 Å². The van der Waals surface area contributed by atoms with Gasteiger partial charge in [0, 0.05) is 16.7 Å². The molecule has 0 aliphatic heterocycles. The summed E-state index contributed by atoms with van der Waals surface area (Å²) in [6.07, 6.45) is 0. The maximum Gasteiger partial charge on any atom is 0.350 e. The van der Waals surface area contributed by atoms with Crippen LogP contribution in [0.1, 0.15) is 84.6 Å². The number of nitriles is 1. The predicted octanol–water partition coefficient (Wildman–Crippen LogP) is 6.68. The van der Waals surface area contributed by atoms with Gasteiger partial charge in [-0.15, -0.1) is 0 Å². The maximum absolute atomic E-state index is 13.4. The maximum atomic E-state index is 13.4. The number of rotatable bonds is 6. The quantitative estimate of drug-likeness (QED) is 0.256. The van der Waals surface area contributed by atoms with Crippen LogP contribution in [0, 0.1) is 11.3 Å². The summed E-state index contributed by atoms with van der Waals surface area (Å²) in [5, 5.41) is 21.6. The number of carbonyl (C=O) groups excluding carboxylic acids is 1. The highest BCUT2D eigenvalue weighted by molar-refractivity contribution is 6.06. The van der Waals surface area contributed by atoms with Crippen LogP contribution < -0.4 is 14.2 Å². The average molecular weight is 524 g/mol. The Kier molecular flexibility index (Phi) is 8.84. The highest BCUT2D eigenvalue weighted by atomic mass is 16.6. The Morgan fingerprint density at radius 3 is 1.50 bits per heavy atom. The van der Waals surface area contributed by atoms with Gasteiger partial charge >= 0.3 is 5.97 Å². The molecule has 2 aromatic rings. The van der Waals surface area contributed by atoms with Crippen LogP contribution in [0.2, 0.25) is 0 Å². The monoisotopic (exact) mass is 523 g/mol. The molecule has 0 unspecified atom stereocenters. The topological polar surface area (TPSA) is 98.0 Å². The molecule has 0 saturated heterocycles. The van der Waals surface area contributed by atoms with Crippen molar-refractivity contribution in [2.24, 2.45) is 0 Å². The Balaban J connectivity index is 3.17. The second kappa shape index (κ2) is 11.0. The number of nitrogens with zero attached hydrogens (tertiary/aromatic N) is 1. The van der Waals surface area contributed by atoms with E-state index in [-0.39, 0.29) is 11.3 Å². The summed E-state index contributed by atoms with van der Waals surface area (Å²) in [5.41, 5.74) is 0.913. The first-order chi connectivity index (χ1) is 17.4. The van der Waals surface area contributed by atoms with Crippen molar-refractivity contribution in [1.29, 1.82) is 5.26 Å². The summed E-state index contributed by atoms with van der Waals surface area (Å²) in [4.78, 5) is 13.4. The van der Waals surface area contributed by atoms with Crippen molar-refractivity contribution in [3.8, 4) is 29.1 Å². The minimum atomic E-state index is -0.818. The molecule has 0 atom stereocenters. The van der Waals surface area contributed by atoms with Crippen LogP contribution in [-0.4, -0.2) is 38.0 Å². The molecule has 1 N–H and O–H groups in total. The molecule has 2 aromatic carbocycles. The predicted molar refractivity (Wildman–Crippen MR) is 149 cm³/mol. The van der Waals surface area contributed by atoms with E-state index in [0.29, 0.717) is 45.1 Å². The molecule has 38 heavy (non-hydrogen) atoms. The Bertz CT molecular complexity index is 1220. The lowest BCUT2D eigenvalue weighted by Gasteiger charge is -2.29. The van der Waals surface area contributed by atoms with Crippen molar-refractivity contribution in [2.75, 3.05) is 21.3 Å². The third-order valence-corrected chi connectivity index (χ3v) is 5.93. The Morgan fingerprint density at radius 1 is 0.763 bits per heavy atom. The normalized spacial score (nSPS) is 12.8. The molecule has 0 amide bonds. The fourth-order valence-electron chi connectivity index (χ4n) is 4.14. The van der Waals surface area contributed by atoms with Gasteiger partial charge in [-0.3, -0.25) is 0 Å². The molecule has 7 nitrogen and oxygen atoms in total. The molecule has 0 saturated carbocycles. The SMILES string of the molecule is COc1cc(C(=C(C#N)C(=O)OC(C)(C)C)c2cc(C(C)(C)C)c(O)c(C(C)(C)C)c2)cc(OC)c1OC. The second-order valence-electron chi connectivity index (χ2n) is 12.2. The number of benzene rings is 2. The van der Waals surface area contributed by atoms with Crippen molar-refractivity contribution in [2.45, 2.75) is 78.7 Å². The Morgan fingerprint density at radius 2 is 1.18 bits per heavy atom. The molecular formula is C31H41NO6. The molecule has 0 aliphatic carbocycles. The van der Waals surface area contributed by atoms with Gasteiger partial charge in [0.15, 0.2) is 11.5 Å². The Labute approximate surface area is 227 Å². The van der Waals surface area contributed by atoms with Crippen molar-refractivity contribution in [3.63, 3.8) is 0 Å². The van der Waals surface area contributed by atoms with E-state index in [1.165, 1.54) is 21.3 Å². The number of hydrogen-bond acceptors (Lipinski definition) is 7. The summed E-state index contributed by atoms with van der Waals surface area (Å²) in [6, 6.07) is 9.12. The van der Waals surface area contributed by atoms with Gasteiger partial charge in [0.05, 0.1) is 21.3 Å². The van der Waals surface area contributed by atoms with Gasteiger partial charge in [-0.1, -0.05) is 41.5 Å². The number of ether oxygens (including phenoxy) is 4. The molecule has 206 valence electrons. The first-order valence-electron chi connectivity index (χ1n) is 12.5. The zero-order valence-electron chi connectivity index (χ0n) is 24.7. The van der Waals surface area contributed by atoms with Crippen LogP contribution in [0.3, 0.4) is 0 Å². The zero-order valence-corrected chi connectivity index (χ0v) is 24.7. The highest BCUT2D eigenvalue weighted by Gasteiger charge is 2.31. The minimum absolute atomic E-state index is 0.181. The molecule has 0 bridgehead atoms. The van der Waals surface area contributed by atoms with Crippen molar-refractivity contribution in [1.82, 2.24) is 0 Å². The lowest BCUT2D eigenvalue weighted by molar-refractivity contribution is -0.149. The fourth-order valence-corrected chi connectivity index (χ4v) is 4.14. The number of phenolic OH excluding ortho intramolecular Hbond substituents is 1. The standard InChI is InChI=1S/C31H41NO6/c1-29(2,3)21-13-18(14-22(26(21)33)30(4,5)6)25(20(17-32)28(34)38-31(7,8)9)19-15-23(35-10)27(37-12)24(16-19)36-11/h13-16,33H,1-12H3. The van der Waals surface area contributed by atoms with Crippen LogP contribution in [-0.2, 0) is 20.4 Å². The van der Waals surface area contributed by atoms with E-state index in [4.69, 9.17) is 18.9 Å². The summed E-state index contributed by atoms with van der Waals surface area (Å²) in [5.74, 6) is 0.545. The molecule has 0 spiro atoms. The number of esters is 1. The fraction of sp³-hybridized carbons (Fsp3) is 0.484. The van der Waals surface area contributed by atoms with Crippen molar-refractivity contribution >= 4 is 11.5 Å². The Hall–Kier alpha value is -3.66. The molecule has 0 radical (unpaired) electrons. The summed E-state index contributed by atoms with van der Waals surface area (Å²) < 4.78 is 22.3. The van der Waals surface area contributed by atoms with Gasteiger partial charge in [-0.05, 0) is 67.0 Å². The summed E-state index contributed by atoms with van der Waals surface area (Å²) >= 11 is 0. The third kappa shape index (κ3) is 6.61. The third-order valence-electron chi connectivity index (χ3n) is 5.93. The van der Waals surface area contributed by atoms with E-state index < -0.39 is 22.4 Å². The number of methoxy groups -OCH3 is 3. The molecular weight excluding hydrogens is 482 g/mol. The van der Waals surface area contributed by atoms with Crippen molar-refractivity contribution < 1.29 is 28.8 Å². The summed E-state index contributed by atoms with van der Waals surface area (Å²) in [6.45, 7) is 17.2. The van der Waals surface area contributed by atoms with Crippen LogP contribution in [0.15, 0.2) is 29.8 Å². The van der Waals surface area contributed by atoms with E-state index in [2.05, 4.69) is 6.07 Å². The summed E-state index contributed by atoms with van der Waals surface area (Å²) in [7, 11) is 4.50. The van der Waals surface area contributed by atoms with E-state index in [1.807, 2.05) is 53.7 Å². The van der Waals surface area contributed by atoms with Crippen LogP contribution in [0.4, 0.5) is 0 Å². The van der Waals surface area contributed by atoms with Crippen LogP contribution in [0.5, 0.6) is 23.0 Å². The zero-order chi connectivity index (χ0) is 29.2. The lowest BCUT2D eigenvalue weighted by Crippen LogP contribution is -2.25. The molecule has 0 aromatic heterocycles. The van der Waals surface area contributed by atoms with Crippen molar-refractivity contribution in [3.05, 3.63) is 52.1 Å². The van der Waals surface area contributed by atoms with Crippen LogP contribution in [0.25, 0.3) is 5.57 Å². The molecule has 7 heteroatoms. The van der Waals surface area contributed by atoms with E-state index >= 15 is 0 Å². The van der Waals surface area contributed by atoms with E-state index in [0.717, 1.165) is 0 Å².